The maximum absolute atomic E-state index is 14.1. The van der Waals surface area contributed by atoms with Crippen LogP contribution >= 0.6 is 0 Å². The molecule has 1 fully saturated rings. The Labute approximate surface area is 183 Å². The molecule has 2 aromatic rings. The molecule has 7 heteroatoms. The summed E-state index contributed by atoms with van der Waals surface area (Å²) in [5.74, 6) is 3.03. The minimum atomic E-state index is -0.617. The van der Waals surface area contributed by atoms with Crippen molar-refractivity contribution >= 4 is 11.9 Å². The quantitative estimate of drug-likeness (QED) is 0.492. The fraction of sp³-hybridized carbons (Fsp3) is 0.458. The Hall–Kier alpha value is -3.14. The molecular weight excluding hydrogens is 395 g/mol. The van der Waals surface area contributed by atoms with E-state index in [-0.39, 0.29) is 12.1 Å². The Bertz CT molecular complexity index is 903. The minimum absolute atomic E-state index is 0.0392. The van der Waals surface area contributed by atoms with Crippen molar-refractivity contribution in [2.24, 2.45) is 5.92 Å². The first-order valence-electron chi connectivity index (χ1n) is 10.8. The van der Waals surface area contributed by atoms with Crippen LogP contribution in [0, 0.1) is 24.1 Å². The molecule has 0 unspecified atom stereocenters. The number of hydrogen-bond donors (Lipinski definition) is 1. The van der Waals surface area contributed by atoms with Crippen LogP contribution in [0.5, 0.6) is 5.75 Å². The summed E-state index contributed by atoms with van der Waals surface area (Å²) < 4.78 is 19.8. The third-order valence-electron chi connectivity index (χ3n) is 5.56. The zero-order chi connectivity index (χ0) is 22.1. The largest absolute Gasteiger partial charge is 0.493 e. The van der Waals surface area contributed by atoms with Gasteiger partial charge in [-0.05, 0) is 55.7 Å². The second-order valence-electron chi connectivity index (χ2n) is 7.69. The lowest BCUT2D eigenvalue weighted by molar-refractivity contribution is 0.0954. The van der Waals surface area contributed by atoms with Gasteiger partial charge >= 0.3 is 0 Å². The smallest absolute Gasteiger partial charge is 0.255 e. The van der Waals surface area contributed by atoms with Crippen LogP contribution in [0.2, 0.25) is 0 Å². The third-order valence-corrected chi connectivity index (χ3v) is 5.56. The van der Waals surface area contributed by atoms with Crippen molar-refractivity contribution in [3.05, 3.63) is 47.5 Å². The highest BCUT2D eigenvalue weighted by Gasteiger charge is 2.20. The number of piperidine rings is 1. The first-order valence-corrected chi connectivity index (χ1v) is 10.8. The number of hydrogen-bond acceptors (Lipinski definition) is 5. The number of anilines is 1. The molecule has 3 rings (SSSR count). The molecule has 0 spiro atoms. The number of nitrogens with one attached hydrogen (secondary N) is 1. The Morgan fingerprint density at radius 2 is 2.06 bits per heavy atom. The van der Waals surface area contributed by atoms with E-state index in [1.54, 1.807) is 6.07 Å². The number of aryl methyl sites for hydroxylation is 1. The number of carbonyl (C=O) groups excluding carboxylic acids is 1. The number of benzene rings is 1. The molecule has 6 nitrogen and oxygen atoms in total. The summed E-state index contributed by atoms with van der Waals surface area (Å²) >= 11 is 0. The molecular formula is C24H29FN4O2. The lowest BCUT2D eigenvalue weighted by atomic mass is 9.92. The number of amides is 1. The molecule has 164 valence electrons. The molecule has 1 aromatic heterocycles. The maximum Gasteiger partial charge on any atom is 0.255 e. The Balaban J connectivity index is 1.37. The summed E-state index contributed by atoms with van der Waals surface area (Å²) in [5.41, 5.74) is 1.11. The molecule has 31 heavy (non-hydrogen) atoms. The number of nitrogens with zero attached hydrogens (tertiary/aromatic N) is 3. The van der Waals surface area contributed by atoms with Gasteiger partial charge in [0.1, 0.15) is 11.6 Å². The van der Waals surface area contributed by atoms with Gasteiger partial charge in [-0.2, -0.15) is 0 Å². The monoisotopic (exact) mass is 424 g/mol. The third kappa shape index (κ3) is 6.42. The van der Waals surface area contributed by atoms with Crippen LogP contribution in [0.25, 0.3) is 0 Å². The highest BCUT2D eigenvalue weighted by molar-refractivity contribution is 5.94. The second kappa shape index (κ2) is 11.3. The summed E-state index contributed by atoms with van der Waals surface area (Å²) in [5, 5.41) is 2.45. The minimum Gasteiger partial charge on any atom is -0.493 e. The Morgan fingerprint density at radius 1 is 1.32 bits per heavy atom. The van der Waals surface area contributed by atoms with Crippen LogP contribution in [0.4, 0.5) is 10.3 Å². The fourth-order valence-electron chi connectivity index (χ4n) is 3.67. The molecule has 1 aromatic carbocycles. The van der Waals surface area contributed by atoms with Crippen LogP contribution in [-0.4, -0.2) is 42.1 Å². The molecule has 2 heterocycles. The first kappa shape index (κ1) is 22.5. The van der Waals surface area contributed by atoms with E-state index in [1.807, 2.05) is 12.4 Å². The molecule has 0 atom stereocenters. The van der Waals surface area contributed by atoms with Gasteiger partial charge in [0.05, 0.1) is 18.7 Å². The van der Waals surface area contributed by atoms with Gasteiger partial charge in [0, 0.05) is 31.5 Å². The predicted molar refractivity (Wildman–Crippen MR) is 119 cm³/mol. The summed E-state index contributed by atoms with van der Waals surface area (Å²) in [4.78, 5) is 23.0. The fourth-order valence-corrected chi connectivity index (χ4v) is 3.67. The van der Waals surface area contributed by atoms with Crippen LogP contribution in [0.15, 0.2) is 30.6 Å². The maximum atomic E-state index is 14.1. The predicted octanol–water partition coefficient (Wildman–Crippen LogP) is 3.62. The van der Waals surface area contributed by atoms with Crippen molar-refractivity contribution in [1.82, 2.24) is 15.3 Å². The molecule has 1 amide bonds. The number of halogens is 1. The normalized spacial score (nSPS) is 14.2. The molecule has 0 radical (unpaired) electrons. The molecule has 1 N–H and O–H groups in total. The van der Waals surface area contributed by atoms with Crippen LogP contribution in [0.3, 0.4) is 0 Å². The summed E-state index contributed by atoms with van der Waals surface area (Å²) in [6, 6.07) is 4.27. The van der Waals surface area contributed by atoms with Crippen molar-refractivity contribution in [2.75, 3.05) is 31.1 Å². The van der Waals surface area contributed by atoms with E-state index in [4.69, 9.17) is 11.2 Å². The van der Waals surface area contributed by atoms with Crippen molar-refractivity contribution in [2.45, 2.75) is 39.0 Å². The Morgan fingerprint density at radius 3 is 2.71 bits per heavy atom. The van der Waals surface area contributed by atoms with E-state index in [2.05, 4.69) is 33.0 Å². The van der Waals surface area contributed by atoms with Gasteiger partial charge in [0.25, 0.3) is 5.91 Å². The van der Waals surface area contributed by atoms with Gasteiger partial charge in [0.2, 0.25) is 5.95 Å². The number of rotatable bonds is 9. The SMILES string of the molecule is C#CCNC(=O)c1ccc(OCCCC2CCN(c3ncc(CC)cn3)CC2)cc1F. The number of terminal acetylenes is 1. The second-order valence-corrected chi connectivity index (χ2v) is 7.69. The number of carbonyl (C=O) groups is 1. The van der Waals surface area contributed by atoms with Crippen LogP contribution < -0.4 is 15.0 Å². The Kier molecular flexibility index (Phi) is 8.22. The van der Waals surface area contributed by atoms with Crippen LogP contribution in [-0.2, 0) is 6.42 Å². The number of ether oxygens (including phenoxy) is 1. The lowest BCUT2D eigenvalue weighted by Gasteiger charge is -2.32. The van der Waals surface area contributed by atoms with E-state index in [0.29, 0.717) is 18.3 Å². The molecule has 1 saturated heterocycles. The summed E-state index contributed by atoms with van der Waals surface area (Å²) in [6.45, 7) is 4.61. The van der Waals surface area contributed by atoms with E-state index in [0.717, 1.165) is 56.7 Å². The number of aromatic nitrogens is 2. The van der Waals surface area contributed by atoms with E-state index < -0.39 is 11.7 Å². The van der Waals surface area contributed by atoms with Crippen LogP contribution in [0.1, 0.15) is 48.5 Å². The van der Waals surface area contributed by atoms with E-state index in [1.165, 1.54) is 12.1 Å². The zero-order valence-corrected chi connectivity index (χ0v) is 17.9. The summed E-state index contributed by atoms with van der Waals surface area (Å²) in [7, 11) is 0. The van der Waals surface area contributed by atoms with Gasteiger partial charge in [-0.1, -0.05) is 12.8 Å². The van der Waals surface area contributed by atoms with Gasteiger partial charge in [-0.25, -0.2) is 14.4 Å². The standard InChI is InChI=1S/C24H29FN4O2/c1-3-11-26-23(30)21-8-7-20(15-22(21)25)31-14-5-6-19-9-12-29(13-10-19)24-27-16-18(4-2)17-28-24/h1,7-8,15-17,19H,4-6,9-14H2,2H3,(H,26,30). The van der Waals surface area contributed by atoms with E-state index in [9.17, 15) is 9.18 Å². The topological polar surface area (TPSA) is 67.3 Å². The highest BCUT2D eigenvalue weighted by atomic mass is 19.1. The molecule has 0 bridgehead atoms. The van der Waals surface area contributed by atoms with E-state index >= 15 is 0 Å². The van der Waals surface area contributed by atoms with Crippen molar-refractivity contribution < 1.29 is 13.9 Å². The molecule has 1 aliphatic heterocycles. The van der Waals surface area contributed by atoms with Crippen molar-refractivity contribution in [1.29, 1.82) is 0 Å². The van der Waals surface area contributed by atoms with Gasteiger partial charge < -0.3 is 15.0 Å². The van der Waals surface area contributed by atoms with Crippen molar-refractivity contribution in [3.8, 4) is 18.1 Å². The zero-order valence-electron chi connectivity index (χ0n) is 17.9. The average Bonchev–Trinajstić information content (AvgIpc) is 2.81. The van der Waals surface area contributed by atoms with Gasteiger partial charge in [-0.3, -0.25) is 4.79 Å². The molecule has 0 aliphatic carbocycles. The average molecular weight is 425 g/mol. The summed E-state index contributed by atoms with van der Waals surface area (Å²) in [6.07, 6.45) is 14.0. The van der Waals surface area contributed by atoms with Gasteiger partial charge in [0.15, 0.2) is 0 Å². The first-order chi connectivity index (χ1) is 15.1. The lowest BCUT2D eigenvalue weighted by Crippen LogP contribution is -2.35. The van der Waals surface area contributed by atoms with Gasteiger partial charge in [-0.15, -0.1) is 6.42 Å². The molecule has 0 saturated carbocycles. The highest BCUT2D eigenvalue weighted by Crippen LogP contribution is 2.24. The molecule has 1 aliphatic rings. The van der Waals surface area contributed by atoms with Crippen molar-refractivity contribution in [3.63, 3.8) is 0 Å².